The summed E-state index contributed by atoms with van der Waals surface area (Å²) in [6, 6.07) is 7.30. The predicted octanol–water partition coefficient (Wildman–Crippen LogP) is 0.865. The van der Waals surface area contributed by atoms with Crippen molar-refractivity contribution >= 4 is 16.9 Å². The topological polar surface area (TPSA) is 76.4 Å². The second-order valence-electron chi connectivity index (χ2n) is 5.56. The molecule has 2 unspecified atom stereocenters. The number of nitrogens with one attached hydrogen (secondary N) is 1. The second-order valence-corrected chi connectivity index (χ2v) is 5.56. The van der Waals surface area contributed by atoms with Gasteiger partial charge in [0.15, 0.2) is 0 Å². The standard InChI is InChI=1S/C15H19N3O3/c1-11(14(19)16-8-15(20)6-7-21-9-15)18-10-17-12-4-2-3-5-13(12)18/h2-5,10-11,20H,6-9H2,1H3,(H,16,19). The normalized spacial score (nSPS) is 23.3. The van der Waals surface area contributed by atoms with E-state index >= 15 is 0 Å². The summed E-state index contributed by atoms with van der Waals surface area (Å²) >= 11 is 0. The van der Waals surface area contributed by atoms with Gasteiger partial charge in [0.1, 0.15) is 11.6 Å². The highest BCUT2D eigenvalue weighted by Crippen LogP contribution is 2.19. The second kappa shape index (κ2) is 5.46. The van der Waals surface area contributed by atoms with Gasteiger partial charge < -0.3 is 19.7 Å². The molecule has 21 heavy (non-hydrogen) atoms. The van der Waals surface area contributed by atoms with Gasteiger partial charge in [-0.3, -0.25) is 4.79 Å². The van der Waals surface area contributed by atoms with Crippen LogP contribution in [0.2, 0.25) is 0 Å². The van der Waals surface area contributed by atoms with Gasteiger partial charge >= 0.3 is 0 Å². The molecule has 2 N–H and O–H groups in total. The fourth-order valence-electron chi connectivity index (χ4n) is 2.55. The highest BCUT2D eigenvalue weighted by molar-refractivity contribution is 5.83. The molecule has 0 aliphatic carbocycles. The number of nitrogens with zero attached hydrogens (tertiary/aromatic N) is 2. The largest absolute Gasteiger partial charge is 0.386 e. The number of fused-ring (bicyclic) bond motifs is 1. The van der Waals surface area contributed by atoms with Crippen molar-refractivity contribution in [3.63, 3.8) is 0 Å². The molecule has 2 heterocycles. The Labute approximate surface area is 122 Å². The number of benzene rings is 1. The summed E-state index contributed by atoms with van der Waals surface area (Å²) in [6.45, 7) is 2.84. The molecule has 0 spiro atoms. The number of para-hydroxylation sites is 2. The molecule has 1 aromatic heterocycles. The minimum Gasteiger partial charge on any atom is -0.386 e. The third-order valence-electron chi connectivity index (χ3n) is 3.95. The van der Waals surface area contributed by atoms with E-state index in [1.165, 1.54) is 0 Å². The Hall–Kier alpha value is -1.92. The number of ether oxygens (including phenoxy) is 1. The maximum atomic E-state index is 12.3. The van der Waals surface area contributed by atoms with Gasteiger partial charge in [0.2, 0.25) is 5.91 Å². The highest BCUT2D eigenvalue weighted by Gasteiger charge is 2.33. The molecule has 3 rings (SSSR count). The summed E-state index contributed by atoms with van der Waals surface area (Å²) in [6.07, 6.45) is 2.22. The van der Waals surface area contributed by atoms with E-state index in [0.29, 0.717) is 13.0 Å². The van der Waals surface area contributed by atoms with Gasteiger partial charge in [0.25, 0.3) is 0 Å². The van der Waals surface area contributed by atoms with E-state index in [1.807, 2.05) is 35.8 Å². The number of hydrogen-bond acceptors (Lipinski definition) is 4. The minimum absolute atomic E-state index is 0.140. The van der Waals surface area contributed by atoms with Crippen molar-refractivity contribution in [1.82, 2.24) is 14.9 Å². The molecular formula is C15H19N3O3. The molecule has 1 aromatic carbocycles. The first-order chi connectivity index (χ1) is 10.1. The molecule has 2 atom stereocenters. The Morgan fingerprint density at radius 3 is 3.14 bits per heavy atom. The van der Waals surface area contributed by atoms with Crippen LogP contribution in [-0.2, 0) is 9.53 Å². The van der Waals surface area contributed by atoms with Crippen LogP contribution in [0.15, 0.2) is 30.6 Å². The third-order valence-corrected chi connectivity index (χ3v) is 3.95. The SMILES string of the molecule is CC(C(=O)NCC1(O)CCOC1)n1cnc2ccccc21. The average molecular weight is 289 g/mol. The summed E-state index contributed by atoms with van der Waals surface area (Å²) in [7, 11) is 0. The molecule has 2 aromatic rings. The van der Waals surface area contributed by atoms with Crippen LogP contribution in [0.4, 0.5) is 0 Å². The number of imidazole rings is 1. The zero-order valence-corrected chi connectivity index (χ0v) is 12.0. The zero-order chi connectivity index (χ0) is 14.9. The number of hydrogen-bond donors (Lipinski definition) is 2. The van der Waals surface area contributed by atoms with Crippen molar-refractivity contribution < 1.29 is 14.6 Å². The molecule has 6 heteroatoms. The minimum atomic E-state index is -0.938. The van der Waals surface area contributed by atoms with E-state index < -0.39 is 5.60 Å². The van der Waals surface area contributed by atoms with Crippen LogP contribution >= 0.6 is 0 Å². The summed E-state index contributed by atoms with van der Waals surface area (Å²) in [5, 5.41) is 13.0. The summed E-state index contributed by atoms with van der Waals surface area (Å²) in [5.41, 5.74) is 0.842. The first kappa shape index (κ1) is 14.0. The molecule has 1 saturated heterocycles. The number of aliphatic hydroxyl groups is 1. The van der Waals surface area contributed by atoms with Crippen LogP contribution in [0, 0.1) is 0 Å². The highest BCUT2D eigenvalue weighted by atomic mass is 16.5. The van der Waals surface area contributed by atoms with Gasteiger partial charge in [-0.05, 0) is 19.1 Å². The third kappa shape index (κ3) is 2.77. The smallest absolute Gasteiger partial charge is 0.242 e. The zero-order valence-electron chi connectivity index (χ0n) is 12.0. The molecule has 1 aliphatic heterocycles. The molecule has 0 radical (unpaired) electrons. The van der Waals surface area contributed by atoms with Crippen LogP contribution < -0.4 is 5.32 Å². The maximum Gasteiger partial charge on any atom is 0.242 e. The van der Waals surface area contributed by atoms with Crippen LogP contribution in [0.3, 0.4) is 0 Å². The lowest BCUT2D eigenvalue weighted by molar-refractivity contribution is -0.125. The summed E-state index contributed by atoms with van der Waals surface area (Å²) < 4.78 is 7.00. The Bertz CT molecular complexity index is 646. The Kier molecular flexibility index (Phi) is 3.65. The monoisotopic (exact) mass is 289 g/mol. The fraction of sp³-hybridized carbons (Fsp3) is 0.467. The van der Waals surface area contributed by atoms with Crippen LogP contribution in [0.1, 0.15) is 19.4 Å². The Morgan fingerprint density at radius 2 is 2.38 bits per heavy atom. The molecule has 0 bridgehead atoms. The van der Waals surface area contributed by atoms with Crippen molar-refractivity contribution in [3.8, 4) is 0 Å². The Morgan fingerprint density at radius 1 is 1.57 bits per heavy atom. The van der Waals surface area contributed by atoms with Crippen LogP contribution in [0.5, 0.6) is 0 Å². The molecule has 1 aliphatic rings. The van der Waals surface area contributed by atoms with E-state index in [9.17, 15) is 9.90 Å². The summed E-state index contributed by atoms with van der Waals surface area (Å²) in [5.74, 6) is -0.140. The summed E-state index contributed by atoms with van der Waals surface area (Å²) in [4.78, 5) is 16.6. The van der Waals surface area contributed by atoms with Gasteiger partial charge in [-0.25, -0.2) is 4.98 Å². The predicted molar refractivity (Wildman–Crippen MR) is 77.8 cm³/mol. The first-order valence-corrected chi connectivity index (χ1v) is 7.08. The van der Waals surface area contributed by atoms with Crippen molar-refractivity contribution in [1.29, 1.82) is 0 Å². The van der Waals surface area contributed by atoms with Crippen molar-refractivity contribution in [3.05, 3.63) is 30.6 Å². The van der Waals surface area contributed by atoms with E-state index in [-0.39, 0.29) is 25.1 Å². The van der Waals surface area contributed by atoms with Crippen molar-refractivity contribution in [2.45, 2.75) is 25.0 Å². The lowest BCUT2D eigenvalue weighted by atomic mass is 10.0. The van der Waals surface area contributed by atoms with Crippen molar-refractivity contribution in [2.75, 3.05) is 19.8 Å². The number of aromatic nitrogens is 2. The lowest BCUT2D eigenvalue weighted by Crippen LogP contribution is -2.45. The van der Waals surface area contributed by atoms with E-state index in [2.05, 4.69) is 10.3 Å². The van der Waals surface area contributed by atoms with Gasteiger partial charge in [0.05, 0.1) is 24.0 Å². The Balaban J connectivity index is 1.69. The van der Waals surface area contributed by atoms with E-state index in [0.717, 1.165) is 11.0 Å². The van der Waals surface area contributed by atoms with Gasteiger partial charge in [-0.1, -0.05) is 12.1 Å². The molecular weight excluding hydrogens is 270 g/mol. The van der Waals surface area contributed by atoms with Gasteiger partial charge in [-0.15, -0.1) is 0 Å². The maximum absolute atomic E-state index is 12.3. The number of carbonyl (C=O) groups is 1. The van der Waals surface area contributed by atoms with E-state index in [1.54, 1.807) is 6.33 Å². The fourth-order valence-corrected chi connectivity index (χ4v) is 2.55. The molecule has 1 fully saturated rings. The van der Waals surface area contributed by atoms with Gasteiger partial charge in [-0.2, -0.15) is 0 Å². The average Bonchev–Trinajstić information content (AvgIpc) is 3.11. The lowest BCUT2D eigenvalue weighted by Gasteiger charge is -2.22. The molecule has 6 nitrogen and oxygen atoms in total. The van der Waals surface area contributed by atoms with Crippen LogP contribution in [-0.4, -0.2) is 45.9 Å². The van der Waals surface area contributed by atoms with Crippen molar-refractivity contribution in [2.24, 2.45) is 0 Å². The number of amides is 1. The number of rotatable bonds is 4. The molecule has 0 saturated carbocycles. The molecule has 112 valence electrons. The van der Waals surface area contributed by atoms with Crippen LogP contribution in [0.25, 0.3) is 11.0 Å². The quantitative estimate of drug-likeness (QED) is 0.875. The van der Waals surface area contributed by atoms with Gasteiger partial charge in [0, 0.05) is 19.6 Å². The van der Waals surface area contributed by atoms with E-state index in [4.69, 9.17) is 4.74 Å². The first-order valence-electron chi connectivity index (χ1n) is 7.08. The molecule has 1 amide bonds. The number of carbonyl (C=O) groups excluding carboxylic acids is 1.